The molecule has 22 heavy (non-hydrogen) atoms. The SMILES string of the molecule is CCOc1ccc(-c2cc3ccc(C)cn3c2)cc1N([O-])O. The Kier molecular flexibility index (Phi) is 3.75. The molecule has 0 radical (unpaired) electrons. The van der Waals surface area contributed by atoms with Gasteiger partial charge in [-0.25, -0.2) is 0 Å². The van der Waals surface area contributed by atoms with E-state index < -0.39 is 0 Å². The Labute approximate surface area is 128 Å². The number of hydrogen-bond acceptors (Lipinski definition) is 4. The zero-order valence-electron chi connectivity index (χ0n) is 12.5. The van der Waals surface area contributed by atoms with Crippen LogP contribution in [0.3, 0.4) is 0 Å². The Morgan fingerprint density at radius 2 is 1.95 bits per heavy atom. The Morgan fingerprint density at radius 1 is 1.14 bits per heavy atom. The van der Waals surface area contributed by atoms with Crippen molar-refractivity contribution in [2.45, 2.75) is 13.8 Å². The highest BCUT2D eigenvalue weighted by molar-refractivity contribution is 5.75. The number of benzene rings is 1. The number of pyridine rings is 1. The topological polar surface area (TPSA) is 60.2 Å². The summed E-state index contributed by atoms with van der Waals surface area (Å²) in [5.41, 5.74) is 4.15. The van der Waals surface area contributed by atoms with E-state index in [2.05, 4.69) is 6.07 Å². The van der Waals surface area contributed by atoms with Crippen LogP contribution in [0.4, 0.5) is 5.69 Å². The van der Waals surface area contributed by atoms with Crippen molar-refractivity contribution in [3.05, 3.63) is 59.6 Å². The van der Waals surface area contributed by atoms with Gasteiger partial charge in [-0.2, -0.15) is 0 Å². The van der Waals surface area contributed by atoms with E-state index in [1.165, 1.54) is 5.56 Å². The fourth-order valence-electron chi connectivity index (χ4n) is 2.50. The number of nitrogens with zero attached hydrogens (tertiary/aromatic N) is 2. The lowest BCUT2D eigenvalue weighted by Gasteiger charge is -2.24. The van der Waals surface area contributed by atoms with Crippen molar-refractivity contribution in [3.63, 3.8) is 0 Å². The van der Waals surface area contributed by atoms with Crippen LogP contribution in [0.25, 0.3) is 16.6 Å². The van der Waals surface area contributed by atoms with Gasteiger partial charge in [0.15, 0.2) is 0 Å². The smallest absolute Gasteiger partial charge is 0.143 e. The number of anilines is 1. The third-order valence-electron chi connectivity index (χ3n) is 3.54. The lowest BCUT2D eigenvalue weighted by Crippen LogP contribution is -2.09. The number of aryl methyl sites for hydroxylation is 1. The standard InChI is InChI=1S/C17H17N2O3/c1-3-22-17-7-5-13(9-16(17)19(20)21)14-8-15-6-4-12(2)10-18(15)11-14/h4-11,20H,3H2,1-2H3/q-1. The number of ether oxygens (including phenoxy) is 1. The zero-order valence-corrected chi connectivity index (χ0v) is 12.5. The average molecular weight is 297 g/mol. The van der Waals surface area contributed by atoms with Crippen LogP contribution in [0.15, 0.2) is 48.8 Å². The van der Waals surface area contributed by atoms with Gasteiger partial charge >= 0.3 is 0 Å². The van der Waals surface area contributed by atoms with Gasteiger partial charge in [0.05, 0.1) is 12.3 Å². The first-order valence-electron chi connectivity index (χ1n) is 7.10. The molecule has 1 aromatic carbocycles. The van der Waals surface area contributed by atoms with Gasteiger partial charge in [-0.15, -0.1) is 0 Å². The van der Waals surface area contributed by atoms with E-state index >= 15 is 0 Å². The number of hydrogen-bond donors (Lipinski definition) is 1. The predicted molar refractivity (Wildman–Crippen MR) is 86.4 cm³/mol. The maximum absolute atomic E-state index is 11.3. The Balaban J connectivity index is 2.07. The summed E-state index contributed by atoms with van der Waals surface area (Å²) in [4.78, 5) is 0. The van der Waals surface area contributed by atoms with E-state index in [0.717, 1.165) is 16.6 Å². The van der Waals surface area contributed by atoms with E-state index in [4.69, 9.17) is 4.74 Å². The summed E-state index contributed by atoms with van der Waals surface area (Å²) >= 11 is 0. The van der Waals surface area contributed by atoms with Gasteiger partial charge in [-0.3, -0.25) is 5.21 Å². The summed E-state index contributed by atoms with van der Waals surface area (Å²) in [7, 11) is 0. The van der Waals surface area contributed by atoms with Crippen molar-refractivity contribution in [2.24, 2.45) is 0 Å². The Morgan fingerprint density at radius 3 is 2.68 bits per heavy atom. The second-order valence-corrected chi connectivity index (χ2v) is 5.16. The van der Waals surface area contributed by atoms with Gasteiger partial charge in [-0.1, -0.05) is 12.1 Å². The quantitative estimate of drug-likeness (QED) is 0.739. The molecule has 3 rings (SSSR count). The van der Waals surface area contributed by atoms with Crippen molar-refractivity contribution < 1.29 is 9.94 Å². The van der Waals surface area contributed by atoms with Crippen LogP contribution in [-0.2, 0) is 0 Å². The van der Waals surface area contributed by atoms with Gasteiger partial charge in [0, 0.05) is 23.5 Å². The fraction of sp³-hybridized carbons (Fsp3) is 0.176. The minimum atomic E-state index is -0.158. The molecular formula is C17H17N2O3-. The minimum absolute atomic E-state index is 0.103. The van der Waals surface area contributed by atoms with E-state index in [1.54, 1.807) is 12.1 Å². The van der Waals surface area contributed by atoms with Crippen molar-refractivity contribution >= 4 is 11.2 Å². The van der Waals surface area contributed by atoms with Crippen molar-refractivity contribution in [1.82, 2.24) is 4.40 Å². The van der Waals surface area contributed by atoms with Gasteiger partial charge < -0.3 is 19.6 Å². The van der Waals surface area contributed by atoms with Gasteiger partial charge in [0.25, 0.3) is 0 Å². The minimum Gasteiger partial charge on any atom is -0.733 e. The van der Waals surface area contributed by atoms with Crippen LogP contribution in [-0.4, -0.2) is 16.2 Å². The molecule has 0 saturated heterocycles. The Hall–Kier alpha value is -2.50. The molecule has 0 bridgehead atoms. The molecule has 2 heterocycles. The summed E-state index contributed by atoms with van der Waals surface area (Å²) in [5, 5.41) is 20.4. The molecule has 0 atom stereocenters. The molecule has 0 spiro atoms. The van der Waals surface area contributed by atoms with Crippen LogP contribution >= 0.6 is 0 Å². The third kappa shape index (κ3) is 2.64. The fourth-order valence-corrected chi connectivity index (χ4v) is 2.50. The third-order valence-corrected chi connectivity index (χ3v) is 3.54. The lowest BCUT2D eigenvalue weighted by atomic mass is 10.1. The van der Waals surface area contributed by atoms with E-state index in [9.17, 15) is 10.4 Å². The first-order valence-corrected chi connectivity index (χ1v) is 7.10. The van der Waals surface area contributed by atoms with Crippen molar-refractivity contribution in [2.75, 3.05) is 11.8 Å². The molecular weight excluding hydrogens is 280 g/mol. The first kappa shape index (κ1) is 14.4. The lowest BCUT2D eigenvalue weighted by molar-refractivity contribution is 0.284. The highest BCUT2D eigenvalue weighted by Crippen LogP contribution is 2.33. The number of aromatic nitrogens is 1. The summed E-state index contributed by atoms with van der Waals surface area (Å²) in [5.74, 6) is 0.364. The summed E-state index contributed by atoms with van der Waals surface area (Å²) in [6, 6.07) is 11.3. The molecule has 5 nitrogen and oxygen atoms in total. The van der Waals surface area contributed by atoms with Crippen LogP contribution < -0.4 is 9.96 Å². The van der Waals surface area contributed by atoms with Crippen LogP contribution in [0.5, 0.6) is 5.75 Å². The summed E-state index contributed by atoms with van der Waals surface area (Å²) in [6.07, 6.45) is 4.04. The van der Waals surface area contributed by atoms with Gasteiger partial charge in [0.1, 0.15) is 5.75 Å². The van der Waals surface area contributed by atoms with Crippen molar-refractivity contribution in [1.29, 1.82) is 0 Å². The molecule has 114 valence electrons. The molecule has 0 unspecified atom stereocenters. The average Bonchev–Trinajstić information content (AvgIpc) is 2.90. The molecule has 0 aliphatic rings. The molecule has 0 aliphatic carbocycles. The maximum atomic E-state index is 11.3. The van der Waals surface area contributed by atoms with E-state index in [1.807, 2.05) is 48.8 Å². The van der Waals surface area contributed by atoms with E-state index in [0.29, 0.717) is 12.4 Å². The predicted octanol–water partition coefficient (Wildman–Crippen LogP) is 4.01. The number of rotatable bonds is 4. The second-order valence-electron chi connectivity index (χ2n) is 5.16. The highest BCUT2D eigenvalue weighted by Gasteiger charge is 2.09. The summed E-state index contributed by atoms with van der Waals surface area (Å²) in [6.45, 7) is 4.29. The van der Waals surface area contributed by atoms with Crippen LogP contribution in [0, 0.1) is 12.1 Å². The second kappa shape index (κ2) is 5.71. The monoisotopic (exact) mass is 297 g/mol. The molecule has 0 fully saturated rings. The zero-order chi connectivity index (χ0) is 15.7. The molecule has 0 amide bonds. The first-order chi connectivity index (χ1) is 10.6. The van der Waals surface area contributed by atoms with Crippen LogP contribution in [0.1, 0.15) is 12.5 Å². The van der Waals surface area contributed by atoms with Gasteiger partial charge in [-0.05, 0) is 49.2 Å². The van der Waals surface area contributed by atoms with Crippen LogP contribution in [0.2, 0.25) is 0 Å². The largest absolute Gasteiger partial charge is 0.733 e. The Bertz CT molecular complexity index is 809. The normalized spacial score (nSPS) is 10.9. The number of fused-ring (bicyclic) bond motifs is 1. The van der Waals surface area contributed by atoms with E-state index in [-0.39, 0.29) is 10.9 Å². The van der Waals surface area contributed by atoms with Crippen molar-refractivity contribution in [3.8, 4) is 16.9 Å². The molecule has 2 aromatic heterocycles. The highest BCUT2D eigenvalue weighted by atomic mass is 16.8. The summed E-state index contributed by atoms with van der Waals surface area (Å²) < 4.78 is 7.39. The maximum Gasteiger partial charge on any atom is 0.143 e. The molecule has 1 N–H and O–H groups in total. The molecule has 3 aromatic rings. The molecule has 0 saturated carbocycles. The van der Waals surface area contributed by atoms with Gasteiger partial charge in [0.2, 0.25) is 0 Å². The molecule has 0 aliphatic heterocycles. The molecule has 5 heteroatoms.